The van der Waals surface area contributed by atoms with Crippen molar-refractivity contribution in [2.75, 3.05) is 0 Å². The van der Waals surface area contributed by atoms with Gasteiger partial charge in [-0.15, -0.1) is 0 Å². The first kappa shape index (κ1) is 28.8. The molecule has 2 atom stereocenters. The summed E-state index contributed by atoms with van der Waals surface area (Å²) in [6.45, 7) is -2.40. The molecule has 15 heteroatoms. The fourth-order valence-electron chi connectivity index (χ4n) is 3.75. The number of benzene rings is 2. The second-order valence-electron chi connectivity index (χ2n) is 8.66. The molecule has 0 saturated carbocycles. The summed E-state index contributed by atoms with van der Waals surface area (Å²) in [5.41, 5.74) is -1.95. The predicted molar refractivity (Wildman–Crippen MR) is 137 cm³/mol. The Kier molecular flexibility index (Phi) is 8.70. The van der Waals surface area contributed by atoms with Gasteiger partial charge in [-0.1, -0.05) is 24.3 Å². The van der Waals surface area contributed by atoms with Crippen molar-refractivity contribution in [1.82, 2.24) is 19.8 Å². The summed E-state index contributed by atoms with van der Waals surface area (Å²) in [4.78, 5) is 62.1. The molecule has 14 nitrogen and oxygen atoms in total. The van der Waals surface area contributed by atoms with E-state index in [1.54, 1.807) is 6.92 Å². The zero-order valence-corrected chi connectivity index (χ0v) is 20.6. The number of rotatable bonds is 9. The molecule has 2 aromatic carbocycles. The number of amides is 2. The van der Waals surface area contributed by atoms with Gasteiger partial charge in [-0.05, 0) is 54.7 Å². The fraction of sp³-hybridized carbons (Fsp3) is 0.208. The molecule has 0 saturated heterocycles. The maximum Gasteiger partial charge on any atom is 0.394 e. The number of carbonyl (C=O) groups is 3. The Morgan fingerprint density at radius 2 is 1.62 bits per heavy atom. The van der Waals surface area contributed by atoms with Gasteiger partial charge in [0.2, 0.25) is 5.91 Å². The molecule has 0 aliphatic heterocycles. The number of aryl methyl sites for hydroxylation is 1. The number of aromatic carboxylic acids is 1. The van der Waals surface area contributed by atoms with E-state index in [-0.39, 0.29) is 29.0 Å². The van der Waals surface area contributed by atoms with Gasteiger partial charge in [0, 0.05) is 18.9 Å². The summed E-state index contributed by atoms with van der Waals surface area (Å²) in [5.74, 6) is -4.23. The van der Waals surface area contributed by atoms with Crippen LogP contribution in [-0.4, -0.2) is 65.0 Å². The van der Waals surface area contributed by atoms with Crippen LogP contribution >= 0.6 is 0 Å². The smallest absolute Gasteiger partial charge is 0.394 e. The van der Waals surface area contributed by atoms with E-state index < -0.39 is 54.2 Å². The molecule has 0 aliphatic rings. The van der Waals surface area contributed by atoms with Crippen molar-refractivity contribution in [2.45, 2.75) is 31.9 Å². The predicted octanol–water partition coefficient (Wildman–Crippen LogP) is -1.08. The first-order valence-corrected chi connectivity index (χ1v) is 11.7. The van der Waals surface area contributed by atoms with Crippen LogP contribution in [-0.2, 0) is 17.8 Å². The monoisotopic (exact) mass is 541 g/mol. The molecule has 0 fully saturated rings. The van der Waals surface area contributed by atoms with Crippen LogP contribution in [0.5, 0.6) is 5.75 Å². The van der Waals surface area contributed by atoms with Gasteiger partial charge in [0.15, 0.2) is 0 Å². The van der Waals surface area contributed by atoms with E-state index >= 15 is 0 Å². The summed E-state index contributed by atoms with van der Waals surface area (Å²) < 4.78 is 1.54. The lowest BCUT2D eigenvalue weighted by Crippen LogP contribution is -2.60. The van der Waals surface area contributed by atoms with E-state index in [9.17, 15) is 49.3 Å². The van der Waals surface area contributed by atoms with Crippen LogP contribution in [0.1, 0.15) is 34.5 Å². The van der Waals surface area contributed by atoms with Crippen LogP contribution in [0, 0.1) is 0 Å². The molecule has 1 heterocycles. The minimum Gasteiger partial charge on any atom is -0.558 e. The van der Waals surface area contributed by atoms with Gasteiger partial charge in [-0.2, -0.15) is 0 Å². The van der Waals surface area contributed by atoms with Crippen molar-refractivity contribution < 1.29 is 39.7 Å². The Bertz CT molecular complexity index is 1490. The van der Waals surface area contributed by atoms with Crippen molar-refractivity contribution in [3.05, 3.63) is 98.3 Å². The zero-order valence-electron chi connectivity index (χ0n) is 20.6. The quantitative estimate of drug-likeness (QED) is 0.128. The molecule has 0 bridgehead atoms. The molecule has 3 aromatic rings. The number of aromatic nitrogens is 2. The lowest BCUT2D eigenvalue weighted by Gasteiger charge is -2.34. The van der Waals surface area contributed by atoms with Gasteiger partial charge in [-0.25, -0.2) is 14.2 Å². The lowest BCUT2D eigenvalue weighted by atomic mass is 9.67. The highest BCUT2D eigenvalue weighted by Crippen LogP contribution is 2.19. The molecule has 39 heavy (non-hydrogen) atoms. The van der Waals surface area contributed by atoms with Crippen molar-refractivity contribution in [2.24, 2.45) is 0 Å². The Hall–Kier alpha value is -4.73. The van der Waals surface area contributed by atoms with E-state index in [0.29, 0.717) is 4.57 Å². The van der Waals surface area contributed by atoms with Gasteiger partial charge >= 0.3 is 29.9 Å². The number of carbonyl (C=O) groups excluding carboxylic acids is 2. The van der Waals surface area contributed by atoms with Crippen molar-refractivity contribution in [3.63, 3.8) is 0 Å². The number of aromatic hydroxyl groups is 1. The molecule has 3 rings (SSSR count). The second-order valence-corrected chi connectivity index (χ2v) is 8.66. The first-order chi connectivity index (χ1) is 18.3. The maximum atomic E-state index is 13.3. The lowest BCUT2D eigenvalue weighted by molar-refractivity contribution is -0.123. The zero-order chi connectivity index (χ0) is 28.9. The van der Waals surface area contributed by atoms with Crippen LogP contribution in [0.2, 0.25) is 0 Å². The molecule has 2 amide bonds. The van der Waals surface area contributed by atoms with Crippen LogP contribution < -0.4 is 21.8 Å². The molecular formula is C24H26BN4O10-. The molecule has 206 valence electrons. The number of nitrogens with zero attached hydrogens (tertiary/aromatic N) is 2. The summed E-state index contributed by atoms with van der Waals surface area (Å²) in [5, 5.41) is 53.2. The molecule has 0 unspecified atom stereocenters. The Morgan fingerprint density at radius 3 is 2.21 bits per heavy atom. The summed E-state index contributed by atoms with van der Waals surface area (Å²) >= 11 is 0. The van der Waals surface area contributed by atoms with E-state index in [1.165, 1.54) is 54.7 Å². The van der Waals surface area contributed by atoms with E-state index in [1.807, 2.05) is 0 Å². The van der Waals surface area contributed by atoms with Gasteiger partial charge in [0.05, 0.1) is 5.56 Å². The summed E-state index contributed by atoms with van der Waals surface area (Å²) in [6, 6.07) is 7.56. The number of phenolic OH excluding ortho intramolecular Hbond substituents is 1. The molecule has 0 spiro atoms. The fourth-order valence-corrected chi connectivity index (χ4v) is 3.75. The van der Waals surface area contributed by atoms with E-state index in [4.69, 9.17) is 0 Å². The number of carboxylic acids is 1. The Morgan fingerprint density at radius 1 is 0.949 bits per heavy atom. The van der Waals surface area contributed by atoms with Gasteiger partial charge in [-0.3, -0.25) is 14.4 Å². The minimum absolute atomic E-state index is 0.0899. The van der Waals surface area contributed by atoms with Crippen molar-refractivity contribution >= 4 is 24.7 Å². The Labute approximate surface area is 220 Å². The number of hydrogen-bond donors (Lipinski definition) is 7. The van der Waals surface area contributed by atoms with Gasteiger partial charge < -0.3 is 40.5 Å². The highest BCUT2D eigenvalue weighted by molar-refractivity contribution is 6.58. The van der Waals surface area contributed by atoms with Crippen LogP contribution in [0.25, 0.3) is 0 Å². The van der Waals surface area contributed by atoms with Crippen LogP contribution in [0.4, 0.5) is 4.79 Å². The summed E-state index contributed by atoms with van der Waals surface area (Å²) in [7, 11) is 0. The third kappa shape index (κ3) is 6.98. The topological polar surface area (TPSA) is 220 Å². The van der Waals surface area contributed by atoms with E-state index in [0.717, 1.165) is 10.8 Å². The molecular weight excluding hydrogens is 515 g/mol. The number of phenols is 1. The van der Waals surface area contributed by atoms with Crippen LogP contribution in [0.3, 0.4) is 0 Å². The maximum absolute atomic E-state index is 13.3. The average molecular weight is 541 g/mol. The minimum atomic E-state index is -4.20. The standard InChI is InChI=1S/C24H26BN4O10/c1-2-28-10-11-29(22(33)21(28)32)24(36)27-19(15-6-8-17(30)9-7-15)20(31)26-18(25(37,38)39)13-14-4-3-5-16(12-14)23(34)35/h3-12,18-19,30,37-39H,2,13H2,1H3,(H,26,31)(H,27,36)(H,34,35)/q-1/t18-,19+/m0/s1. The number of nitrogens with one attached hydrogen (secondary N) is 2. The number of hydrogen-bond acceptors (Lipinski definition) is 9. The SMILES string of the molecule is CCn1ccn(C(=O)N[C@@H](C(=O)N[C@@H](Cc2cccc(C(=O)O)c2)[B-](O)(O)O)c2ccc(O)cc2)c(=O)c1=O. The first-order valence-electron chi connectivity index (χ1n) is 11.7. The average Bonchev–Trinajstić information content (AvgIpc) is 2.88. The molecule has 1 aromatic heterocycles. The van der Waals surface area contributed by atoms with Gasteiger partial charge in [0.1, 0.15) is 11.8 Å². The van der Waals surface area contributed by atoms with Gasteiger partial charge in [0.25, 0.3) is 0 Å². The third-order valence-electron chi connectivity index (χ3n) is 5.87. The summed E-state index contributed by atoms with van der Waals surface area (Å²) in [6.07, 6.45) is 1.83. The molecule has 0 aliphatic carbocycles. The normalized spacial score (nSPS) is 12.8. The van der Waals surface area contributed by atoms with Crippen LogP contribution in [0.15, 0.2) is 70.5 Å². The van der Waals surface area contributed by atoms with E-state index in [2.05, 4.69) is 10.6 Å². The second kappa shape index (κ2) is 11.8. The largest absolute Gasteiger partial charge is 0.558 e. The number of carboxylic acid groups (broad SMARTS) is 1. The highest BCUT2D eigenvalue weighted by atomic mass is 16.5. The highest BCUT2D eigenvalue weighted by Gasteiger charge is 2.34. The molecule has 7 N–H and O–H groups in total. The molecule has 0 radical (unpaired) electrons. The Balaban J connectivity index is 1.94. The van der Waals surface area contributed by atoms with Crippen molar-refractivity contribution in [1.29, 1.82) is 0 Å². The van der Waals surface area contributed by atoms with Crippen molar-refractivity contribution in [3.8, 4) is 5.75 Å². The third-order valence-corrected chi connectivity index (χ3v) is 5.87.